The zero-order valence-electron chi connectivity index (χ0n) is 10.8. The van der Waals surface area contributed by atoms with Gasteiger partial charge in [-0.05, 0) is 31.5 Å². The van der Waals surface area contributed by atoms with Crippen molar-refractivity contribution in [1.29, 1.82) is 0 Å². The molecular formula is C14H21Cl2NO. The predicted molar refractivity (Wildman–Crippen MR) is 78.5 cm³/mol. The zero-order valence-corrected chi connectivity index (χ0v) is 12.4. The lowest BCUT2D eigenvalue weighted by atomic mass is 10.2. The fraction of sp³-hybridized carbons (Fsp3) is 0.571. The predicted octanol–water partition coefficient (Wildman–Crippen LogP) is 4.29. The monoisotopic (exact) mass is 289 g/mol. The van der Waals surface area contributed by atoms with Gasteiger partial charge in [0.15, 0.2) is 0 Å². The Morgan fingerprint density at radius 3 is 2.44 bits per heavy atom. The van der Waals surface area contributed by atoms with Crippen LogP contribution in [-0.2, 0) is 11.3 Å². The normalized spacial score (nSPS) is 10.8. The summed E-state index contributed by atoms with van der Waals surface area (Å²) in [6.45, 7) is 5.45. The summed E-state index contributed by atoms with van der Waals surface area (Å²) in [5.41, 5.74) is 0.965. The summed E-state index contributed by atoms with van der Waals surface area (Å²) in [5.74, 6) is 0. The number of hydrogen-bond acceptors (Lipinski definition) is 2. The minimum atomic E-state index is 0.702. The van der Waals surface area contributed by atoms with E-state index in [9.17, 15) is 0 Å². The first kappa shape index (κ1) is 15.8. The number of benzene rings is 1. The van der Waals surface area contributed by atoms with Crippen LogP contribution in [-0.4, -0.2) is 19.8 Å². The van der Waals surface area contributed by atoms with Crippen LogP contribution in [0.25, 0.3) is 0 Å². The molecule has 102 valence electrons. The van der Waals surface area contributed by atoms with Crippen LogP contribution in [0.2, 0.25) is 10.0 Å². The summed E-state index contributed by atoms with van der Waals surface area (Å²) in [4.78, 5) is 0. The second-order valence-electron chi connectivity index (χ2n) is 4.20. The van der Waals surface area contributed by atoms with Gasteiger partial charge >= 0.3 is 0 Å². The van der Waals surface area contributed by atoms with Crippen molar-refractivity contribution in [2.75, 3.05) is 19.8 Å². The molecule has 4 heteroatoms. The molecule has 0 atom stereocenters. The third-order valence-corrected chi connectivity index (χ3v) is 3.36. The lowest BCUT2D eigenvalue weighted by Gasteiger charge is -2.08. The Hall–Kier alpha value is -0.280. The summed E-state index contributed by atoms with van der Waals surface area (Å²) in [6.07, 6.45) is 3.33. The molecule has 0 radical (unpaired) electrons. The molecular weight excluding hydrogens is 269 g/mol. The Kier molecular flexibility index (Phi) is 8.44. The molecule has 0 spiro atoms. The van der Waals surface area contributed by atoms with Crippen LogP contribution in [0.1, 0.15) is 31.7 Å². The highest BCUT2D eigenvalue weighted by Gasteiger charge is 2.03. The number of ether oxygens (including phenoxy) is 1. The topological polar surface area (TPSA) is 21.3 Å². The van der Waals surface area contributed by atoms with E-state index in [1.54, 1.807) is 0 Å². The van der Waals surface area contributed by atoms with Crippen LogP contribution in [0.5, 0.6) is 0 Å². The van der Waals surface area contributed by atoms with Gasteiger partial charge in [-0.2, -0.15) is 0 Å². The van der Waals surface area contributed by atoms with E-state index < -0.39 is 0 Å². The van der Waals surface area contributed by atoms with Crippen molar-refractivity contribution >= 4 is 23.2 Å². The molecule has 1 rings (SSSR count). The van der Waals surface area contributed by atoms with E-state index in [1.807, 2.05) is 18.2 Å². The van der Waals surface area contributed by atoms with E-state index in [0.29, 0.717) is 16.6 Å². The van der Waals surface area contributed by atoms with Gasteiger partial charge in [0.05, 0.1) is 0 Å². The molecule has 18 heavy (non-hydrogen) atoms. The zero-order chi connectivity index (χ0) is 13.2. The molecule has 1 aromatic rings. The average molecular weight is 290 g/mol. The molecule has 0 aromatic heterocycles. The lowest BCUT2D eigenvalue weighted by molar-refractivity contribution is 0.129. The van der Waals surface area contributed by atoms with E-state index in [1.165, 1.54) is 6.42 Å². The Balaban J connectivity index is 2.11. The molecule has 0 heterocycles. The molecule has 0 saturated carbocycles. The maximum absolute atomic E-state index is 6.08. The maximum Gasteiger partial charge on any atom is 0.0478 e. The van der Waals surface area contributed by atoms with Crippen molar-refractivity contribution in [3.8, 4) is 0 Å². The second kappa shape index (κ2) is 9.62. The maximum atomic E-state index is 6.08. The van der Waals surface area contributed by atoms with Gasteiger partial charge in [-0.15, -0.1) is 0 Å². The van der Waals surface area contributed by atoms with E-state index in [0.717, 1.165) is 38.2 Å². The number of hydrogen-bond donors (Lipinski definition) is 1. The van der Waals surface area contributed by atoms with Crippen LogP contribution >= 0.6 is 23.2 Å². The number of halogens is 2. The van der Waals surface area contributed by atoms with Gasteiger partial charge in [0.2, 0.25) is 0 Å². The van der Waals surface area contributed by atoms with Crippen molar-refractivity contribution in [3.05, 3.63) is 33.8 Å². The second-order valence-corrected chi connectivity index (χ2v) is 5.01. The van der Waals surface area contributed by atoms with Gasteiger partial charge in [0.25, 0.3) is 0 Å². The van der Waals surface area contributed by atoms with E-state index >= 15 is 0 Å². The fourth-order valence-corrected chi connectivity index (χ4v) is 2.09. The van der Waals surface area contributed by atoms with Gasteiger partial charge in [-0.1, -0.05) is 42.6 Å². The van der Waals surface area contributed by atoms with Crippen LogP contribution < -0.4 is 5.32 Å². The van der Waals surface area contributed by atoms with Crippen molar-refractivity contribution < 1.29 is 4.74 Å². The van der Waals surface area contributed by atoms with Gasteiger partial charge in [-0.25, -0.2) is 0 Å². The Morgan fingerprint density at radius 1 is 1.11 bits per heavy atom. The summed E-state index contributed by atoms with van der Waals surface area (Å²) in [5, 5.41) is 4.76. The third kappa shape index (κ3) is 6.05. The molecule has 1 aromatic carbocycles. The third-order valence-electron chi connectivity index (χ3n) is 2.65. The Bertz CT molecular complexity index is 324. The number of rotatable bonds is 9. The highest BCUT2D eigenvalue weighted by Crippen LogP contribution is 2.23. The van der Waals surface area contributed by atoms with Crippen molar-refractivity contribution in [3.63, 3.8) is 0 Å². The summed E-state index contributed by atoms with van der Waals surface area (Å²) < 4.78 is 5.48. The van der Waals surface area contributed by atoms with E-state index in [2.05, 4.69) is 12.2 Å². The summed E-state index contributed by atoms with van der Waals surface area (Å²) >= 11 is 12.2. The molecule has 0 bridgehead atoms. The van der Waals surface area contributed by atoms with Crippen molar-refractivity contribution in [2.24, 2.45) is 0 Å². The van der Waals surface area contributed by atoms with Crippen LogP contribution in [0, 0.1) is 0 Å². The molecule has 0 saturated heterocycles. The molecule has 0 aliphatic heterocycles. The van der Waals surface area contributed by atoms with Gasteiger partial charge in [0.1, 0.15) is 0 Å². The lowest BCUT2D eigenvalue weighted by Crippen LogP contribution is -2.17. The minimum absolute atomic E-state index is 0.702. The first-order valence-electron chi connectivity index (χ1n) is 6.47. The van der Waals surface area contributed by atoms with Crippen LogP contribution in [0.4, 0.5) is 0 Å². The Labute approximate surface area is 120 Å². The smallest absolute Gasteiger partial charge is 0.0478 e. The molecule has 2 nitrogen and oxygen atoms in total. The average Bonchev–Trinajstić information content (AvgIpc) is 2.35. The van der Waals surface area contributed by atoms with Gasteiger partial charge in [0, 0.05) is 35.4 Å². The van der Waals surface area contributed by atoms with Crippen LogP contribution in [0.3, 0.4) is 0 Å². The number of nitrogens with one attached hydrogen (secondary N) is 1. The largest absolute Gasteiger partial charge is 0.381 e. The Morgan fingerprint density at radius 2 is 1.78 bits per heavy atom. The number of unbranched alkanes of at least 4 members (excludes halogenated alkanes) is 1. The SMILES string of the molecule is CCCCOCCCNCc1c(Cl)cccc1Cl. The first-order chi connectivity index (χ1) is 8.75. The van der Waals surface area contributed by atoms with Crippen molar-refractivity contribution in [1.82, 2.24) is 5.32 Å². The highest BCUT2D eigenvalue weighted by atomic mass is 35.5. The summed E-state index contributed by atoms with van der Waals surface area (Å²) in [6, 6.07) is 5.58. The quantitative estimate of drug-likeness (QED) is 0.685. The molecule has 0 aliphatic rings. The fourth-order valence-electron chi connectivity index (χ4n) is 1.56. The van der Waals surface area contributed by atoms with Gasteiger partial charge in [-0.3, -0.25) is 0 Å². The van der Waals surface area contributed by atoms with Gasteiger partial charge < -0.3 is 10.1 Å². The molecule has 0 amide bonds. The van der Waals surface area contributed by atoms with Crippen molar-refractivity contribution in [2.45, 2.75) is 32.7 Å². The molecule has 0 aliphatic carbocycles. The standard InChI is InChI=1S/C14H21Cl2NO/c1-2-3-9-18-10-5-8-17-11-12-13(15)6-4-7-14(12)16/h4,6-7,17H,2-3,5,8-11H2,1H3. The highest BCUT2D eigenvalue weighted by molar-refractivity contribution is 6.35. The minimum Gasteiger partial charge on any atom is -0.381 e. The molecule has 0 fully saturated rings. The van der Waals surface area contributed by atoms with Crippen LogP contribution in [0.15, 0.2) is 18.2 Å². The molecule has 1 N–H and O–H groups in total. The summed E-state index contributed by atoms with van der Waals surface area (Å²) in [7, 11) is 0. The van der Waals surface area contributed by atoms with E-state index in [4.69, 9.17) is 27.9 Å². The molecule has 0 unspecified atom stereocenters. The van der Waals surface area contributed by atoms with E-state index in [-0.39, 0.29) is 0 Å². The first-order valence-corrected chi connectivity index (χ1v) is 7.22.